The first kappa shape index (κ1) is 18.5. The average molecular weight is 347 g/mol. The molecule has 2 rings (SSSR count). The molecule has 24 heavy (non-hydrogen) atoms. The van der Waals surface area contributed by atoms with Crippen LogP contribution in [0.1, 0.15) is 39.7 Å². The molecule has 1 unspecified atom stereocenters. The van der Waals surface area contributed by atoms with Gasteiger partial charge in [-0.05, 0) is 46.8 Å². The van der Waals surface area contributed by atoms with Crippen LogP contribution in [0.15, 0.2) is 29.3 Å². The first-order valence-electron chi connectivity index (χ1n) is 8.22. The summed E-state index contributed by atoms with van der Waals surface area (Å²) in [6, 6.07) is 7.76. The van der Waals surface area contributed by atoms with Gasteiger partial charge >= 0.3 is 0 Å². The number of nitrogens with zero attached hydrogens (tertiary/aromatic N) is 2. The predicted octanol–water partition coefficient (Wildman–Crippen LogP) is 3.44. The van der Waals surface area contributed by atoms with Crippen molar-refractivity contribution in [2.75, 3.05) is 5.32 Å². The Balaban J connectivity index is 2.05. The van der Waals surface area contributed by atoms with Gasteiger partial charge in [-0.25, -0.2) is 0 Å². The highest BCUT2D eigenvalue weighted by Gasteiger charge is 2.40. The summed E-state index contributed by atoms with van der Waals surface area (Å²) in [6.45, 7) is 9.88. The Hall–Kier alpha value is -1.82. The molecule has 1 aliphatic rings. The second-order valence-electron chi connectivity index (χ2n) is 6.53. The topological polar surface area (TPSA) is 61.8 Å². The Bertz CT molecular complexity index is 638. The number of thioether (sulfide) groups is 1. The summed E-state index contributed by atoms with van der Waals surface area (Å²) in [5, 5.41) is 3.17. The summed E-state index contributed by atoms with van der Waals surface area (Å²) in [5.74, 6) is -0.187. The molecule has 1 N–H and O–H groups in total. The van der Waals surface area contributed by atoms with E-state index in [1.54, 1.807) is 4.90 Å². The van der Waals surface area contributed by atoms with Gasteiger partial charge in [0.1, 0.15) is 5.25 Å². The van der Waals surface area contributed by atoms with Crippen LogP contribution in [0.3, 0.4) is 0 Å². The van der Waals surface area contributed by atoms with Crippen molar-refractivity contribution in [3.8, 4) is 0 Å². The maximum Gasteiger partial charge on any atom is 0.242 e. The zero-order chi connectivity index (χ0) is 17.9. The Morgan fingerprint density at radius 2 is 1.88 bits per heavy atom. The second kappa shape index (κ2) is 7.83. The van der Waals surface area contributed by atoms with Crippen LogP contribution in [0, 0.1) is 6.92 Å². The van der Waals surface area contributed by atoms with Crippen molar-refractivity contribution in [3.63, 3.8) is 0 Å². The Kier molecular flexibility index (Phi) is 6.04. The van der Waals surface area contributed by atoms with Crippen molar-refractivity contribution >= 4 is 34.4 Å². The second-order valence-corrected chi connectivity index (χ2v) is 7.70. The summed E-state index contributed by atoms with van der Waals surface area (Å²) in [4.78, 5) is 31.1. The lowest BCUT2D eigenvalue weighted by atomic mass is 10.2. The Morgan fingerprint density at radius 3 is 2.42 bits per heavy atom. The molecule has 0 radical (unpaired) electrons. The molecule has 0 spiro atoms. The van der Waals surface area contributed by atoms with Gasteiger partial charge in [0.15, 0.2) is 5.17 Å². The Morgan fingerprint density at radius 1 is 1.25 bits per heavy atom. The molecule has 1 atom stereocenters. The highest BCUT2D eigenvalue weighted by molar-refractivity contribution is 8.15. The van der Waals surface area contributed by atoms with Crippen LogP contribution >= 0.6 is 11.8 Å². The number of hydrogen-bond donors (Lipinski definition) is 1. The number of aryl methyl sites for hydroxylation is 1. The molecule has 0 saturated carbocycles. The van der Waals surface area contributed by atoms with Crippen LogP contribution in [0.25, 0.3) is 0 Å². The van der Waals surface area contributed by atoms with Crippen molar-refractivity contribution in [1.82, 2.24) is 4.90 Å². The van der Waals surface area contributed by atoms with Crippen LogP contribution in [0.5, 0.6) is 0 Å². The van der Waals surface area contributed by atoms with Gasteiger partial charge in [0.2, 0.25) is 11.8 Å². The molecule has 1 aliphatic heterocycles. The van der Waals surface area contributed by atoms with Gasteiger partial charge in [-0.2, -0.15) is 0 Å². The van der Waals surface area contributed by atoms with E-state index in [1.807, 2.05) is 58.9 Å². The van der Waals surface area contributed by atoms with Crippen LogP contribution < -0.4 is 5.32 Å². The maximum atomic E-state index is 12.6. The summed E-state index contributed by atoms with van der Waals surface area (Å²) in [5.41, 5.74) is 1.88. The van der Waals surface area contributed by atoms with Crippen molar-refractivity contribution in [2.45, 2.75) is 58.4 Å². The average Bonchev–Trinajstić information content (AvgIpc) is 2.76. The molecule has 6 heteroatoms. The lowest BCUT2D eigenvalue weighted by Gasteiger charge is -2.21. The quantitative estimate of drug-likeness (QED) is 0.887. The third-order valence-corrected chi connectivity index (χ3v) is 4.72. The van der Waals surface area contributed by atoms with Crippen LogP contribution in [0.2, 0.25) is 0 Å². The largest absolute Gasteiger partial charge is 0.326 e. The number of anilines is 1. The lowest BCUT2D eigenvalue weighted by molar-refractivity contribution is -0.129. The smallest absolute Gasteiger partial charge is 0.242 e. The normalized spacial score (nSPS) is 19.6. The summed E-state index contributed by atoms with van der Waals surface area (Å²) in [7, 11) is 0. The van der Waals surface area contributed by atoms with Crippen LogP contribution in [-0.4, -0.2) is 39.2 Å². The highest BCUT2D eigenvalue weighted by Crippen LogP contribution is 2.31. The van der Waals surface area contributed by atoms with E-state index in [4.69, 9.17) is 0 Å². The molecule has 5 nitrogen and oxygen atoms in total. The maximum absolute atomic E-state index is 12.6. The number of amidine groups is 1. The fraction of sp³-hybridized carbons (Fsp3) is 0.500. The van der Waals surface area contributed by atoms with Gasteiger partial charge in [0.25, 0.3) is 0 Å². The molecule has 1 heterocycles. The van der Waals surface area contributed by atoms with E-state index in [2.05, 4.69) is 10.3 Å². The summed E-state index contributed by atoms with van der Waals surface area (Å²) >= 11 is 1.39. The van der Waals surface area contributed by atoms with Gasteiger partial charge < -0.3 is 5.32 Å². The Labute approximate surface area is 147 Å². The predicted molar refractivity (Wildman–Crippen MR) is 100 cm³/mol. The minimum atomic E-state index is -0.407. The SMILES string of the molecule is Cc1ccc(NC(=O)CC2SC(=NC(C)C)N(C(C)C)C2=O)cc1. The van der Waals surface area contributed by atoms with Gasteiger partial charge in [-0.3, -0.25) is 19.5 Å². The van der Waals surface area contributed by atoms with Crippen molar-refractivity contribution in [2.24, 2.45) is 4.99 Å². The minimum Gasteiger partial charge on any atom is -0.326 e. The van der Waals surface area contributed by atoms with Crippen LogP contribution in [-0.2, 0) is 9.59 Å². The fourth-order valence-corrected chi connectivity index (χ4v) is 3.81. The number of nitrogens with one attached hydrogen (secondary N) is 1. The molecule has 0 aliphatic carbocycles. The molecule has 0 bridgehead atoms. The number of carbonyl (C=O) groups excluding carboxylic acids is 2. The number of benzene rings is 1. The molecular weight excluding hydrogens is 322 g/mol. The number of hydrogen-bond acceptors (Lipinski definition) is 4. The molecule has 130 valence electrons. The third kappa shape index (κ3) is 4.60. The lowest BCUT2D eigenvalue weighted by Crippen LogP contribution is -2.38. The first-order chi connectivity index (χ1) is 11.3. The van der Waals surface area contributed by atoms with E-state index in [1.165, 1.54) is 11.8 Å². The molecule has 1 aromatic carbocycles. The number of aliphatic imine (C=N–C) groups is 1. The monoisotopic (exact) mass is 347 g/mol. The number of rotatable bonds is 5. The van der Waals surface area contributed by atoms with Gasteiger partial charge in [0.05, 0.1) is 0 Å². The number of amides is 2. The summed E-state index contributed by atoms with van der Waals surface area (Å²) in [6.07, 6.45) is 0.151. The summed E-state index contributed by atoms with van der Waals surface area (Å²) < 4.78 is 0. The zero-order valence-electron chi connectivity index (χ0n) is 14.9. The van der Waals surface area contributed by atoms with Gasteiger partial charge in [-0.1, -0.05) is 29.5 Å². The number of carbonyl (C=O) groups is 2. The van der Waals surface area contributed by atoms with Crippen molar-refractivity contribution in [1.29, 1.82) is 0 Å². The van der Waals surface area contributed by atoms with E-state index in [-0.39, 0.29) is 30.3 Å². The molecule has 1 fully saturated rings. The molecule has 2 amide bonds. The third-order valence-electron chi connectivity index (χ3n) is 3.56. The fourth-order valence-electron chi connectivity index (χ4n) is 2.42. The molecule has 0 aromatic heterocycles. The first-order valence-corrected chi connectivity index (χ1v) is 9.10. The standard InChI is InChI=1S/C18H25N3O2S/c1-11(2)19-18-21(12(3)4)17(23)15(24-18)10-16(22)20-14-8-6-13(5)7-9-14/h6-9,11-12,15H,10H2,1-5H3,(H,20,22). The van der Waals surface area contributed by atoms with E-state index in [0.29, 0.717) is 0 Å². The van der Waals surface area contributed by atoms with E-state index < -0.39 is 5.25 Å². The van der Waals surface area contributed by atoms with E-state index in [9.17, 15) is 9.59 Å². The molecular formula is C18H25N3O2S. The minimum absolute atomic E-state index is 0.0338. The van der Waals surface area contributed by atoms with E-state index in [0.717, 1.165) is 16.4 Å². The van der Waals surface area contributed by atoms with E-state index >= 15 is 0 Å². The zero-order valence-corrected chi connectivity index (χ0v) is 15.7. The van der Waals surface area contributed by atoms with Crippen LogP contribution in [0.4, 0.5) is 5.69 Å². The van der Waals surface area contributed by atoms with Crippen molar-refractivity contribution in [3.05, 3.63) is 29.8 Å². The highest BCUT2D eigenvalue weighted by atomic mass is 32.2. The molecule has 1 saturated heterocycles. The van der Waals surface area contributed by atoms with Crippen molar-refractivity contribution < 1.29 is 9.59 Å². The van der Waals surface area contributed by atoms with Gasteiger partial charge in [0, 0.05) is 24.2 Å². The van der Waals surface area contributed by atoms with Gasteiger partial charge in [-0.15, -0.1) is 0 Å². The molecule has 1 aromatic rings.